The molecule has 0 aromatic carbocycles. The highest BCUT2D eigenvalue weighted by molar-refractivity contribution is 4.81. The summed E-state index contributed by atoms with van der Waals surface area (Å²) >= 11 is 0. The van der Waals surface area contributed by atoms with Gasteiger partial charge in [-0.3, -0.25) is 4.90 Å². The van der Waals surface area contributed by atoms with Crippen molar-refractivity contribution in [1.82, 2.24) is 10.2 Å². The van der Waals surface area contributed by atoms with Gasteiger partial charge in [0, 0.05) is 18.6 Å². The zero-order valence-corrected chi connectivity index (χ0v) is 11.6. The molecule has 3 unspecified atom stereocenters. The SMILES string of the molecule is CCC1CCNC(CN(CC)C(C)CC)C1. The van der Waals surface area contributed by atoms with Crippen LogP contribution in [0.15, 0.2) is 0 Å². The lowest BCUT2D eigenvalue weighted by molar-refractivity contribution is 0.164. The first-order valence-corrected chi connectivity index (χ1v) is 7.18. The molecule has 1 saturated heterocycles. The third-order valence-corrected chi connectivity index (χ3v) is 4.26. The van der Waals surface area contributed by atoms with Crippen molar-refractivity contribution in [3.8, 4) is 0 Å². The molecule has 1 aliphatic rings. The van der Waals surface area contributed by atoms with Gasteiger partial charge in [-0.25, -0.2) is 0 Å². The summed E-state index contributed by atoms with van der Waals surface area (Å²) in [5, 5.41) is 3.69. The lowest BCUT2D eigenvalue weighted by Crippen LogP contribution is -2.48. The van der Waals surface area contributed by atoms with E-state index in [9.17, 15) is 0 Å². The van der Waals surface area contributed by atoms with E-state index in [-0.39, 0.29) is 0 Å². The van der Waals surface area contributed by atoms with E-state index in [1.165, 1.54) is 45.3 Å². The lowest BCUT2D eigenvalue weighted by atomic mass is 9.90. The second-order valence-corrected chi connectivity index (χ2v) is 5.29. The summed E-state index contributed by atoms with van der Waals surface area (Å²) in [7, 11) is 0. The van der Waals surface area contributed by atoms with Crippen molar-refractivity contribution in [2.45, 2.75) is 65.5 Å². The smallest absolute Gasteiger partial charge is 0.0197 e. The van der Waals surface area contributed by atoms with E-state index in [4.69, 9.17) is 0 Å². The van der Waals surface area contributed by atoms with Gasteiger partial charge in [0.15, 0.2) is 0 Å². The highest BCUT2D eigenvalue weighted by atomic mass is 15.2. The molecular weight excluding hydrogens is 196 g/mol. The molecule has 0 spiro atoms. The highest BCUT2D eigenvalue weighted by Crippen LogP contribution is 2.20. The second-order valence-electron chi connectivity index (χ2n) is 5.29. The Labute approximate surface area is 102 Å². The molecule has 0 aromatic rings. The largest absolute Gasteiger partial charge is 0.313 e. The van der Waals surface area contributed by atoms with Gasteiger partial charge < -0.3 is 5.32 Å². The van der Waals surface area contributed by atoms with Crippen molar-refractivity contribution in [3.05, 3.63) is 0 Å². The first-order valence-electron chi connectivity index (χ1n) is 7.18. The van der Waals surface area contributed by atoms with Gasteiger partial charge in [0.2, 0.25) is 0 Å². The number of likely N-dealkylation sites (N-methyl/N-ethyl adjacent to an activating group) is 1. The van der Waals surface area contributed by atoms with E-state index in [1.54, 1.807) is 0 Å². The van der Waals surface area contributed by atoms with Crippen molar-refractivity contribution in [2.75, 3.05) is 19.6 Å². The summed E-state index contributed by atoms with van der Waals surface area (Å²) in [5.41, 5.74) is 0. The number of nitrogens with one attached hydrogen (secondary N) is 1. The summed E-state index contributed by atoms with van der Waals surface area (Å²) in [6.07, 6.45) is 5.37. The van der Waals surface area contributed by atoms with Crippen LogP contribution < -0.4 is 5.32 Å². The van der Waals surface area contributed by atoms with Crippen LogP contribution in [-0.4, -0.2) is 36.6 Å². The second kappa shape index (κ2) is 7.29. The van der Waals surface area contributed by atoms with Crippen LogP contribution >= 0.6 is 0 Å². The Balaban J connectivity index is 2.38. The van der Waals surface area contributed by atoms with Gasteiger partial charge in [-0.05, 0) is 45.2 Å². The fourth-order valence-electron chi connectivity index (χ4n) is 2.77. The van der Waals surface area contributed by atoms with Gasteiger partial charge in [-0.2, -0.15) is 0 Å². The van der Waals surface area contributed by atoms with Crippen molar-refractivity contribution in [1.29, 1.82) is 0 Å². The van der Waals surface area contributed by atoms with E-state index < -0.39 is 0 Å². The topological polar surface area (TPSA) is 15.3 Å². The molecule has 16 heavy (non-hydrogen) atoms. The summed E-state index contributed by atoms with van der Waals surface area (Å²) < 4.78 is 0. The fourth-order valence-corrected chi connectivity index (χ4v) is 2.77. The van der Waals surface area contributed by atoms with Crippen LogP contribution in [-0.2, 0) is 0 Å². The lowest BCUT2D eigenvalue weighted by Gasteiger charge is -2.36. The minimum absolute atomic E-state index is 0.729. The van der Waals surface area contributed by atoms with Crippen LogP contribution in [0.3, 0.4) is 0 Å². The van der Waals surface area contributed by atoms with Crippen LogP contribution in [0.5, 0.6) is 0 Å². The summed E-state index contributed by atoms with van der Waals surface area (Å²) in [4.78, 5) is 2.62. The maximum Gasteiger partial charge on any atom is 0.0197 e. The molecular formula is C14H30N2. The average molecular weight is 226 g/mol. The van der Waals surface area contributed by atoms with Gasteiger partial charge in [0.1, 0.15) is 0 Å². The molecule has 0 bridgehead atoms. The van der Waals surface area contributed by atoms with Crippen molar-refractivity contribution in [2.24, 2.45) is 5.92 Å². The third-order valence-electron chi connectivity index (χ3n) is 4.26. The van der Waals surface area contributed by atoms with E-state index in [0.29, 0.717) is 0 Å². The molecule has 1 fully saturated rings. The van der Waals surface area contributed by atoms with Crippen LogP contribution in [0, 0.1) is 5.92 Å². The quantitative estimate of drug-likeness (QED) is 0.749. The maximum absolute atomic E-state index is 3.69. The first-order chi connectivity index (χ1) is 7.71. The minimum atomic E-state index is 0.729. The number of hydrogen-bond acceptors (Lipinski definition) is 2. The Morgan fingerprint density at radius 3 is 2.62 bits per heavy atom. The third kappa shape index (κ3) is 4.06. The van der Waals surface area contributed by atoms with Crippen LogP contribution in [0.1, 0.15) is 53.4 Å². The average Bonchev–Trinajstić information content (AvgIpc) is 2.35. The normalized spacial score (nSPS) is 28.3. The Bertz CT molecular complexity index is 182. The summed E-state index contributed by atoms with van der Waals surface area (Å²) in [5.74, 6) is 0.960. The number of nitrogens with zero attached hydrogens (tertiary/aromatic N) is 1. The van der Waals surface area contributed by atoms with Crippen molar-refractivity contribution in [3.63, 3.8) is 0 Å². The predicted octanol–water partition coefficient (Wildman–Crippen LogP) is 2.89. The molecule has 1 rings (SSSR count). The van der Waals surface area contributed by atoms with Crippen LogP contribution in [0.25, 0.3) is 0 Å². The first kappa shape index (κ1) is 14.0. The Morgan fingerprint density at radius 2 is 2.06 bits per heavy atom. The molecule has 0 radical (unpaired) electrons. The zero-order valence-electron chi connectivity index (χ0n) is 11.6. The Morgan fingerprint density at radius 1 is 1.31 bits per heavy atom. The van der Waals surface area contributed by atoms with E-state index in [1.807, 2.05) is 0 Å². The summed E-state index contributed by atoms with van der Waals surface area (Å²) in [6.45, 7) is 12.9. The molecule has 0 amide bonds. The molecule has 96 valence electrons. The predicted molar refractivity (Wildman–Crippen MR) is 71.8 cm³/mol. The van der Waals surface area contributed by atoms with Gasteiger partial charge >= 0.3 is 0 Å². The molecule has 0 aromatic heterocycles. The molecule has 1 N–H and O–H groups in total. The number of hydrogen-bond donors (Lipinski definition) is 1. The van der Waals surface area contributed by atoms with Gasteiger partial charge in [-0.15, -0.1) is 0 Å². The van der Waals surface area contributed by atoms with Crippen LogP contribution in [0.2, 0.25) is 0 Å². The molecule has 3 atom stereocenters. The monoisotopic (exact) mass is 226 g/mol. The molecule has 2 nitrogen and oxygen atoms in total. The highest BCUT2D eigenvalue weighted by Gasteiger charge is 2.23. The van der Waals surface area contributed by atoms with Crippen LogP contribution in [0.4, 0.5) is 0 Å². The van der Waals surface area contributed by atoms with Gasteiger partial charge in [-0.1, -0.05) is 27.2 Å². The van der Waals surface area contributed by atoms with E-state index in [2.05, 4.69) is 37.9 Å². The molecule has 1 heterocycles. The Kier molecular flexibility index (Phi) is 6.37. The zero-order chi connectivity index (χ0) is 12.0. The molecule has 0 aliphatic carbocycles. The van der Waals surface area contributed by atoms with Gasteiger partial charge in [0.25, 0.3) is 0 Å². The Hall–Kier alpha value is -0.0800. The van der Waals surface area contributed by atoms with Crippen molar-refractivity contribution < 1.29 is 0 Å². The number of piperidine rings is 1. The number of rotatable bonds is 6. The molecule has 1 aliphatic heterocycles. The van der Waals surface area contributed by atoms with Crippen molar-refractivity contribution >= 4 is 0 Å². The maximum atomic E-state index is 3.69. The van der Waals surface area contributed by atoms with E-state index in [0.717, 1.165) is 18.0 Å². The standard InChI is InChI=1S/C14H30N2/c1-5-12(4)16(7-3)11-14-10-13(6-2)8-9-15-14/h12-15H,5-11H2,1-4H3. The van der Waals surface area contributed by atoms with E-state index >= 15 is 0 Å². The van der Waals surface area contributed by atoms with Gasteiger partial charge in [0.05, 0.1) is 0 Å². The molecule has 2 heteroatoms. The molecule has 0 saturated carbocycles. The summed E-state index contributed by atoms with van der Waals surface area (Å²) in [6, 6.07) is 1.46. The fraction of sp³-hybridized carbons (Fsp3) is 1.00. The minimum Gasteiger partial charge on any atom is -0.313 e.